The Morgan fingerprint density at radius 1 is 1.26 bits per heavy atom. The van der Waals surface area contributed by atoms with Crippen LogP contribution in [0.5, 0.6) is 0 Å². The molecule has 1 atom stereocenters. The van der Waals surface area contributed by atoms with Crippen molar-refractivity contribution in [1.82, 2.24) is 10.1 Å². The molecule has 0 N–H and O–H groups in total. The fourth-order valence-electron chi connectivity index (χ4n) is 2.22. The van der Waals surface area contributed by atoms with E-state index in [1.54, 1.807) is 6.92 Å². The van der Waals surface area contributed by atoms with Gasteiger partial charge in [0.25, 0.3) is 0 Å². The molecule has 0 saturated carbocycles. The molecule has 3 rings (SSSR count). The maximum absolute atomic E-state index is 12.6. The second-order valence-electron chi connectivity index (χ2n) is 5.37. The molecule has 0 bridgehead atoms. The molecule has 0 saturated heterocycles. The molecule has 1 unspecified atom stereocenters. The Hall–Kier alpha value is -1.99. The third-order valence-electron chi connectivity index (χ3n) is 3.52. The Labute approximate surface area is 138 Å². The first-order chi connectivity index (χ1) is 11.0. The van der Waals surface area contributed by atoms with Crippen molar-refractivity contribution in [2.45, 2.75) is 24.9 Å². The number of hydrogen-bond donors (Lipinski definition) is 0. The highest BCUT2D eigenvalue weighted by molar-refractivity contribution is 7.90. The predicted octanol–water partition coefficient (Wildman–Crippen LogP) is 3.78. The number of nitrogens with zero attached hydrogens (tertiary/aromatic N) is 2. The first kappa shape index (κ1) is 15.9. The van der Waals surface area contributed by atoms with Crippen LogP contribution in [0.1, 0.15) is 29.2 Å². The van der Waals surface area contributed by atoms with Gasteiger partial charge in [-0.2, -0.15) is 4.98 Å². The van der Waals surface area contributed by atoms with E-state index in [1.807, 2.05) is 48.7 Å². The van der Waals surface area contributed by atoms with Crippen LogP contribution in [0.3, 0.4) is 0 Å². The average Bonchev–Trinajstić information content (AvgIpc) is 3.17. The minimum atomic E-state index is -3.43. The molecule has 2 heterocycles. The smallest absolute Gasteiger partial charge is 0.245 e. The number of benzene rings is 1. The van der Waals surface area contributed by atoms with E-state index >= 15 is 0 Å². The first-order valence-corrected chi connectivity index (χ1v) is 9.70. The minimum absolute atomic E-state index is 0.0490. The van der Waals surface area contributed by atoms with E-state index in [-0.39, 0.29) is 11.6 Å². The zero-order valence-corrected chi connectivity index (χ0v) is 14.4. The van der Waals surface area contributed by atoms with E-state index in [2.05, 4.69) is 10.1 Å². The van der Waals surface area contributed by atoms with Crippen LogP contribution < -0.4 is 0 Å². The van der Waals surface area contributed by atoms with E-state index in [0.717, 1.165) is 16.0 Å². The molecule has 23 heavy (non-hydrogen) atoms. The number of aryl methyl sites for hydroxylation is 1. The zero-order chi connectivity index (χ0) is 16.4. The molecule has 0 fully saturated rings. The van der Waals surface area contributed by atoms with Crippen molar-refractivity contribution in [3.8, 4) is 10.7 Å². The fourth-order valence-corrected chi connectivity index (χ4v) is 4.17. The standard InChI is InChI=1S/C16H16N2O3S2/c1-11-5-3-6-13(9-11)10-23(19,20)12(2)16-17-15(18-21-16)14-7-4-8-22-14/h3-9,12H,10H2,1-2H3. The van der Waals surface area contributed by atoms with Gasteiger partial charge in [-0.25, -0.2) is 8.42 Å². The summed E-state index contributed by atoms with van der Waals surface area (Å²) in [4.78, 5) is 5.08. The molecule has 0 aliphatic rings. The van der Waals surface area contributed by atoms with Gasteiger partial charge in [0.05, 0.1) is 10.6 Å². The van der Waals surface area contributed by atoms with Crippen LogP contribution in [-0.4, -0.2) is 18.6 Å². The highest BCUT2D eigenvalue weighted by Crippen LogP contribution is 2.28. The van der Waals surface area contributed by atoms with Crippen LogP contribution in [0.25, 0.3) is 10.7 Å². The second-order valence-corrected chi connectivity index (χ2v) is 8.64. The van der Waals surface area contributed by atoms with Crippen molar-refractivity contribution in [2.24, 2.45) is 0 Å². The Kier molecular flexibility index (Phi) is 4.32. The number of thiophene rings is 1. The van der Waals surface area contributed by atoms with Crippen LogP contribution in [0.15, 0.2) is 46.3 Å². The van der Waals surface area contributed by atoms with Crippen LogP contribution >= 0.6 is 11.3 Å². The van der Waals surface area contributed by atoms with Crippen molar-refractivity contribution in [1.29, 1.82) is 0 Å². The zero-order valence-electron chi connectivity index (χ0n) is 12.8. The quantitative estimate of drug-likeness (QED) is 0.701. The highest BCUT2D eigenvalue weighted by atomic mass is 32.2. The Morgan fingerprint density at radius 2 is 2.09 bits per heavy atom. The molecule has 3 aromatic rings. The first-order valence-electron chi connectivity index (χ1n) is 7.10. The van der Waals surface area contributed by atoms with E-state index in [0.29, 0.717) is 5.82 Å². The van der Waals surface area contributed by atoms with Crippen LogP contribution in [-0.2, 0) is 15.6 Å². The lowest BCUT2D eigenvalue weighted by molar-refractivity contribution is 0.377. The van der Waals surface area contributed by atoms with E-state index in [1.165, 1.54) is 11.3 Å². The molecule has 5 nitrogen and oxygen atoms in total. The summed E-state index contributed by atoms with van der Waals surface area (Å²) in [5.41, 5.74) is 1.79. The molecule has 7 heteroatoms. The summed E-state index contributed by atoms with van der Waals surface area (Å²) in [6.07, 6.45) is 0. The van der Waals surface area contributed by atoms with Gasteiger partial charge in [0.15, 0.2) is 9.84 Å². The number of rotatable bonds is 5. The summed E-state index contributed by atoms with van der Waals surface area (Å²) in [6, 6.07) is 11.2. The minimum Gasteiger partial charge on any atom is -0.338 e. The molecule has 0 radical (unpaired) electrons. The van der Waals surface area contributed by atoms with E-state index in [4.69, 9.17) is 4.52 Å². The van der Waals surface area contributed by atoms with Gasteiger partial charge < -0.3 is 4.52 Å². The van der Waals surface area contributed by atoms with Crippen LogP contribution in [0, 0.1) is 6.92 Å². The largest absolute Gasteiger partial charge is 0.338 e. The van der Waals surface area contributed by atoms with Crippen molar-refractivity contribution >= 4 is 21.2 Å². The molecule has 1 aromatic carbocycles. The summed E-state index contributed by atoms with van der Waals surface area (Å²) >= 11 is 1.48. The topological polar surface area (TPSA) is 73.1 Å². The highest BCUT2D eigenvalue weighted by Gasteiger charge is 2.28. The van der Waals surface area contributed by atoms with Gasteiger partial charge in [0.2, 0.25) is 11.7 Å². The third-order valence-corrected chi connectivity index (χ3v) is 6.40. The van der Waals surface area contributed by atoms with Crippen LogP contribution in [0.4, 0.5) is 0 Å². The maximum atomic E-state index is 12.6. The molecule has 2 aromatic heterocycles. The van der Waals surface area contributed by atoms with E-state index in [9.17, 15) is 8.42 Å². The van der Waals surface area contributed by atoms with Gasteiger partial charge in [-0.05, 0) is 30.9 Å². The van der Waals surface area contributed by atoms with Gasteiger partial charge in [-0.1, -0.05) is 41.1 Å². The van der Waals surface area contributed by atoms with Gasteiger partial charge >= 0.3 is 0 Å². The van der Waals surface area contributed by atoms with Crippen molar-refractivity contribution < 1.29 is 12.9 Å². The lowest BCUT2D eigenvalue weighted by atomic mass is 10.2. The summed E-state index contributed by atoms with van der Waals surface area (Å²) in [5, 5.41) is 4.94. The number of sulfone groups is 1. The number of hydrogen-bond acceptors (Lipinski definition) is 6. The molecule has 0 aliphatic heterocycles. The molecule has 120 valence electrons. The van der Waals surface area contributed by atoms with Gasteiger partial charge in [0.1, 0.15) is 5.25 Å². The molecule has 0 amide bonds. The fraction of sp³-hybridized carbons (Fsp3) is 0.250. The third kappa shape index (κ3) is 3.51. The monoisotopic (exact) mass is 348 g/mol. The summed E-state index contributed by atoms with van der Waals surface area (Å²) in [7, 11) is -3.43. The Bertz CT molecular complexity index is 899. The molecule has 0 aliphatic carbocycles. The van der Waals surface area contributed by atoms with Gasteiger partial charge in [-0.3, -0.25) is 0 Å². The predicted molar refractivity (Wildman–Crippen MR) is 89.8 cm³/mol. The SMILES string of the molecule is Cc1cccc(CS(=O)(=O)C(C)c2nc(-c3cccs3)no2)c1. The normalized spacial score (nSPS) is 13.1. The van der Waals surface area contributed by atoms with Crippen molar-refractivity contribution in [3.63, 3.8) is 0 Å². The van der Waals surface area contributed by atoms with Crippen molar-refractivity contribution in [3.05, 3.63) is 58.8 Å². The van der Waals surface area contributed by atoms with Crippen LogP contribution in [0.2, 0.25) is 0 Å². The summed E-state index contributed by atoms with van der Waals surface area (Å²) in [5.74, 6) is 0.501. The Balaban J connectivity index is 1.82. The van der Waals surface area contributed by atoms with Gasteiger partial charge in [0, 0.05) is 0 Å². The number of aromatic nitrogens is 2. The summed E-state index contributed by atoms with van der Waals surface area (Å²) in [6.45, 7) is 3.52. The van der Waals surface area contributed by atoms with E-state index < -0.39 is 15.1 Å². The average molecular weight is 348 g/mol. The summed E-state index contributed by atoms with van der Waals surface area (Å²) < 4.78 is 30.3. The Morgan fingerprint density at radius 3 is 2.78 bits per heavy atom. The maximum Gasteiger partial charge on any atom is 0.245 e. The molecule has 0 spiro atoms. The van der Waals surface area contributed by atoms with Crippen molar-refractivity contribution in [2.75, 3.05) is 0 Å². The lowest BCUT2D eigenvalue weighted by Crippen LogP contribution is -2.13. The van der Waals surface area contributed by atoms with Gasteiger partial charge in [-0.15, -0.1) is 11.3 Å². The lowest BCUT2D eigenvalue weighted by Gasteiger charge is -2.09. The second kappa shape index (κ2) is 6.25. The molecular weight excluding hydrogens is 332 g/mol. The molecular formula is C16H16N2O3S2.